The Bertz CT molecular complexity index is 421. The first kappa shape index (κ1) is 11.9. The highest BCUT2D eigenvalue weighted by atomic mass is 16.6. The van der Waals surface area contributed by atoms with Crippen molar-refractivity contribution in [1.29, 1.82) is 0 Å². The van der Waals surface area contributed by atoms with Gasteiger partial charge in [-0.05, 0) is 23.6 Å². The van der Waals surface area contributed by atoms with E-state index in [2.05, 4.69) is 13.8 Å². The first-order chi connectivity index (χ1) is 8.08. The summed E-state index contributed by atoms with van der Waals surface area (Å²) in [7, 11) is 0. The zero-order valence-corrected chi connectivity index (χ0v) is 9.97. The summed E-state index contributed by atoms with van der Waals surface area (Å²) in [6, 6.07) is 5.03. The Morgan fingerprint density at radius 2 is 2.18 bits per heavy atom. The number of hydrogen-bond donors (Lipinski definition) is 1. The van der Waals surface area contributed by atoms with Gasteiger partial charge in [-0.25, -0.2) is 4.79 Å². The molecule has 0 unspecified atom stereocenters. The van der Waals surface area contributed by atoms with Crippen molar-refractivity contribution in [3.63, 3.8) is 0 Å². The third-order valence-corrected chi connectivity index (χ3v) is 2.78. The van der Waals surface area contributed by atoms with Crippen molar-refractivity contribution in [1.82, 2.24) is 0 Å². The van der Waals surface area contributed by atoms with E-state index in [1.807, 2.05) is 6.07 Å². The SMILES string of the molecule is CC(C)c1ccc(C(=O)O)cc1OC1COC1. The second-order valence-corrected chi connectivity index (χ2v) is 4.49. The van der Waals surface area contributed by atoms with Gasteiger partial charge in [-0.1, -0.05) is 19.9 Å². The van der Waals surface area contributed by atoms with Gasteiger partial charge in [0, 0.05) is 0 Å². The van der Waals surface area contributed by atoms with Crippen LogP contribution in [-0.2, 0) is 4.74 Å². The molecule has 2 rings (SSSR count). The number of hydrogen-bond acceptors (Lipinski definition) is 3. The number of carboxylic acid groups (broad SMARTS) is 1. The van der Waals surface area contributed by atoms with E-state index in [1.165, 1.54) is 0 Å². The van der Waals surface area contributed by atoms with E-state index in [0.29, 0.717) is 24.9 Å². The Kier molecular flexibility index (Phi) is 3.33. The maximum Gasteiger partial charge on any atom is 0.335 e. The van der Waals surface area contributed by atoms with E-state index in [-0.39, 0.29) is 11.7 Å². The first-order valence-corrected chi connectivity index (χ1v) is 5.69. The van der Waals surface area contributed by atoms with Crippen molar-refractivity contribution >= 4 is 5.97 Å². The number of benzene rings is 1. The molecule has 1 aromatic carbocycles. The highest BCUT2D eigenvalue weighted by molar-refractivity contribution is 5.88. The molecule has 0 amide bonds. The fourth-order valence-electron chi connectivity index (χ4n) is 1.71. The number of aromatic carboxylic acids is 1. The molecule has 0 aromatic heterocycles. The van der Waals surface area contributed by atoms with Crippen LogP contribution in [0.5, 0.6) is 5.75 Å². The van der Waals surface area contributed by atoms with E-state index in [1.54, 1.807) is 12.1 Å². The van der Waals surface area contributed by atoms with Crippen molar-refractivity contribution in [2.75, 3.05) is 13.2 Å². The van der Waals surface area contributed by atoms with Gasteiger partial charge >= 0.3 is 5.97 Å². The van der Waals surface area contributed by atoms with Crippen molar-refractivity contribution in [3.8, 4) is 5.75 Å². The summed E-state index contributed by atoms with van der Waals surface area (Å²) < 4.78 is 10.8. The van der Waals surface area contributed by atoms with Crippen LogP contribution in [0.2, 0.25) is 0 Å². The van der Waals surface area contributed by atoms with Gasteiger partial charge in [0.2, 0.25) is 0 Å². The summed E-state index contributed by atoms with van der Waals surface area (Å²) in [5.41, 5.74) is 1.28. The maximum atomic E-state index is 10.9. The summed E-state index contributed by atoms with van der Waals surface area (Å²) >= 11 is 0. The maximum absolute atomic E-state index is 10.9. The van der Waals surface area contributed by atoms with Crippen molar-refractivity contribution < 1.29 is 19.4 Å². The van der Waals surface area contributed by atoms with Crippen LogP contribution in [0.3, 0.4) is 0 Å². The minimum absolute atomic E-state index is 0.0524. The van der Waals surface area contributed by atoms with Crippen LogP contribution in [0, 0.1) is 0 Å². The highest BCUT2D eigenvalue weighted by Crippen LogP contribution is 2.29. The van der Waals surface area contributed by atoms with Crippen LogP contribution < -0.4 is 4.74 Å². The molecule has 1 aliphatic heterocycles. The van der Waals surface area contributed by atoms with Crippen LogP contribution >= 0.6 is 0 Å². The van der Waals surface area contributed by atoms with Gasteiger partial charge < -0.3 is 14.6 Å². The van der Waals surface area contributed by atoms with Gasteiger partial charge in [-0.3, -0.25) is 0 Å². The Morgan fingerprint density at radius 3 is 2.65 bits per heavy atom. The zero-order chi connectivity index (χ0) is 12.4. The quantitative estimate of drug-likeness (QED) is 0.871. The molecule has 0 bridgehead atoms. The predicted octanol–water partition coefficient (Wildman–Crippen LogP) is 2.29. The van der Waals surface area contributed by atoms with E-state index in [4.69, 9.17) is 14.6 Å². The molecular weight excluding hydrogens is 220 g/mol. The molecule has 0 spiro atoms. The van der Waals surface area contributed by atoms with Gasteiger partial charge in [0.05, 0.1) is 18.8 Å². The van der Waals surface area contributed by atoms with E-state index < -0.39 is 5.97 Å². The Hall–Kier alpha value is -1.55. The van der Waals surface area contributed by atoms with Gasteiger partial charge in [0.1, 0.15) is 11.9 Å². The third kappa shape index (κ3) is 2.58. The molecule has 4 nitrogen and oxygen atoms in total. The van der Waals surface area contributed by atoms with Gasteiger partial charge in [-0.15, -0.1) is 0 Å². The van der Waals surface area contributed by atoms with Crippen LogP contribution in [0.15, 0.2) is 18.2 Å². The molecule has 1 aliphatic rings. The fourth-order valence-corrected chi connectivity index (χ4v) is 1.71. The summed E-state index contributed by atoms with van der Waals surface area (Å²) in [6.07, 6.45) is 0.0524. The smallest absolute Gasteiger partial charge is 0.335 e. The van der Waals surface area contributed by atoms with Crippen LogP contribution in [0.1, 0.15) is 35.7 Å². The predicted molar refractivity (Wildman–Crippen MR) is 62.7 cm³/mol. The Labute approximate surface area is 100 Å². The van der Waals surface area contributed by atoms with Crippen molar-refractivity contribution in [2.24, 2.45) is 0 Å². The van der Waals surface area contributed by atoms with Crippen molar-refractivity contribution in [2.45, 2.75) is 25.9 Å². The zero-order valence-electron chi connectivity index (χ0n) is 9.97. The molecule has 0 aliphatic carbocycles. The van der Waals surface area contributed by atoms with Gasteiger partial charge in [0.25, 0.3) is 0 Å². The molecule has 4 heteroatoms. The van der Waals surface area contributed by atoms with E-state index in [0.717, 1.165) is 5.56 Å². The second kappa shape index (κ2) is 4.75. The number of rotatable bonds is 4. The van der Waals surface area contributed by atoms with Gasteiger partial charge in [-0.2, -0.15) is 0 Å². The van der Waals surface area contributed by atoms with Crippen LogP contribution in [0.4, 0.5) is 0 Å². The largest absolute Gasteiger partial charge is 0.485 e. The molecule has 1 fully saturated rings. The Balaban J connectivity index is 2.28. The third-order valence-electron chi connectivity index (χ3n) is 2.78. The molecule has 1 N–H and O–H groups in total. The lowest BCUT2D eigenvalue weighted by atomic mass is 10.00. The average Bonchev–Trinajstić information content (AvgIpc) is 2.22. The molecule has 1 saturated heterocycles. The molecule has 0 saturated carbocycles. The minimum Gasteiger partial charge on any atom is -0.485 e. The topological polar surface area (TPSA) is 55.8 Å². The van der Waals surface area contributed by atoms with Gasteiger partial charge in [0.15, 0.2) is 0 Å². The monoisotopic (exact) mass is 236 g/mol. The van der Waals surface area contributed by atoms with Crippen LogP contribution in [0.25, 0.3) is 0 Å². The lowest BCUT2D eigenvalue weighted by molar-refractivity contribution is -0.0800. The standard InChI is InChI=1S/C13H16O4/c1-8(2)11-4-3-9(13(14)15)5-12(11)17-10-6-16-7-10/h3-5,8,10H,6-7H2,1-2H3,(H,14,15). The molecular formula is C13H16O4. The lowest BCUT2D eigenvalue weighted by Crippen LogP contribution is -2.38. The minimum atomic E-state index is -0.935. The molecule has 1 aromatic rings. The lowest BCUT2D eigenvalue weighted by Gasteiger charge is -2.28. The van der Waals surface area contributed by atoms with E-state index in [9.17, 15) is 4.79 Å². The summed E-state index contributed by atoms with van der Waals surface area (Å²) in [5, 5.41) is 8.96. The second-order valence-electron chi connectivity index (χ2n) is 4.49. The van der Waals surface area contributed by atoms with E-state index >= 15 is 0 Å². The number of carbonyl (C=O) groups is 1. The molecule has 0 radical (unpaired) electrons. The number of ether oxygens (including phenoxy) is 2. The highest BCUT2D eigenvalue weighted by Gasteiger charge is 2.22. The molecule has 1 heterocycles. The van der Waals surface area contributed by atoms with Crippen molar-refractivity contribution in [3.05, 3.63) is 29.3 Å². The molecule has 92 valence electrons. The fraction of sp³-hybridized carbons (Fsp3) is 0.462. The molecule has 0 atom stereocenters. The summed E-state index contributed by atoms with van der Waals surface area (Å²) in [6.45, 7) is 5.27. The summed E-state index contributed by atoms with van der Waals surface area (Å²) in [4.78, 5) is 10.9. The Morgan fingerprint density at radius 1 is 1.47 bits per heavy atom. The summed E-state index contributed by atoms with van der Waals surface area (Å²) in [5.74, 6) is 0.0251. The normalized spacial score (nSPS) is 15.7. The molecule has 17 heavy (non-hydrogen) atoms. The van der Waals surface area contributed by atoms with Crippen LogP contribution in [-0.4, -0.2) is 30.4 Å². The number of carboxylic acids is 1. The average molecular weight is 236 g/mol. The first-order valence-electron chi connectivity index (χ1n) is 5.69.